The summed E-state index contributed by atoms with van der Waals surface area (Å²) in [6, 6.07) is 0. The zero-order chi connectivity index (χ0) is 17.8. The van der Waals surface area contributed by atoms with Crippen molar-refractivity contribution in [2.45, 2.75) is 53.9 Å². The number of ether oxygens (including phenoxy) is 3. The van der Waals surface area contributed by atoms with Crippen LogP contribution in [0.5, 0.6) is 0 Å². The minimum absolute atomic E-state index is 0.196. The Hall–Kier alpha value is -1.02. The highest BCUT2D eigenvalue weighted by Crippen LogP contribution is 2.09. The minimum atomic E-state index is 0.196. The molecule has 0 spiro atoms. The van der Waals surface area contributed by atoms with E-state index >= 15 is 0 Å². The van der Waals surface area contributed by atoms with E-state index in [0.717, 1.165) is 18.8 Å². The van der Waals surface area contributed by atoms with Crippen LogP contribution in [0.2, 0.25) is 0 Å². The fourth-order valence-corrected chi connectivity index (χ4v) is 1.85. The normalized spacial score (nSPS) is 12.2. The molecule has 0 aromatic carbocycles. The molecule has 1 aromatic heterocycles. The van der Waals surface area contributed by atoms with Crippen molar-refractivity contribution in [2.75, 3.05) is 39.5 Å². The molecule has 1 N–H and O–H groups in total. The molecule has 0 bridgehead atoms. The highest BCUT2D eigenvalue weighted by atomic mass is 16.5. The molecule has 0 unspecified atom stereocenters. The molecule has 0 aliphatic heterocycles. The van der Waals surface area contributed by atoms with E-state index < -0.39 is 0 Å². The summed E-state index contributed by atoms with van der Waals surface area (Å²) >= 11 is 0. The second kappa shape index (κ2) is 11.5. The molecular weight excluding hydrogens is 308 g/mol. The highest BCUT2D eigenvalue weighted by Gasteiger charge is 2.08. The molecule has 0 atom stereocenters. The lowest BCUT2D eigenvalue weighted by atomic mass is 9.97. The van der Waals surface area contributed by atoms with Crippen molar-refractivity contribution in [2.24, 2.45) is 5.41 Å². The van der Waals surface area contributed by atoms with Crippen LogP contribution in [0.25, 0.3) is 0 Å². The molecular formula is C17H34N4O3. The lowest BCUT2D eigenvalue weighted by Crippen LogP contribution is -2.29. The van der Waals surface area contributed by atoms with Crippen molar-refractivity contribution in [3.05, 3.63) is 11.9 Å². The van der Waals surface area contributed by atoms with Crippen LogP contribution in [0.15, 0.2) is 6.20 Å². The van der Waals surface area contributed by atoms with Gasteiger partial charge in [-0.25, -0.2) is 4.68 Å². The van der Waals surface area contributed by atoms with Crippen LogP contribution in [0.4, 0.5) is 0 Å². The molecule has 24 heavy (non-hydrogen) atoms. The number of nitrogens with zero attached hydrogens (tertiary/aromatic N) is 3. The van der Waals surface area contributed by atoms with Gasteiger partial charge in [0.15, 0.2) is 0 Å². The smallest absolute Gasteiger partial charge is 0.108 e. The zero-order valence-electron chi connectivity index (χ0n) is 15.9. The quantitative estimate of drug-likeness (QED) is 0.552. The second-order valence-corrected chi connectivity index (χ2v) is 7.29. The standard InChI is InChI=1S/C17H34N4O3/c1-15(2)24-13-16-12-21(20-19-16)7-9-23-11-10-22-8-6-18-14-17(3,4)5/h12,15,18H,6-11,13-14H2,1-5H3. The van der Waals surface area contributed by atoms with Crippen molar-refractivity contribution in [1.82, 2.24) is 20.3 Å². The van der Waals surface area contributed by atoms with Crippen LogP contribution in [-0.4, -0.2) is 60.6 Å². The summed E-state index contributed by atoms with van der Waals surface area (Å²) < 4.78 is 18.3. The summed E-state index contributed by atoms with van der Waals surface area (Å²) in [5.74, 6) is 0. The summed E-state index contributed by atoms with van der Waals surface area (Å²) in [6.07, 6.45) is 2.09. The molecule has 0 saturated carbocycles. The Morgan fingerprint density at radius 1 is 1.12 bits per heavy atom. The molecule has 7 heteroatoms. The van der Waals surface area contributed by atoms with Crippen molar-refractivity contribution in [3.8, 4) is 0 Å². The Morgan fingerprint density at radius 2 is 1.83 bits per heavy atom. The molecule has 0 amide bonds. The van der Waals surface area contributed by atoms with Gasteiger partial charge in [0.25, 0.3) is 0 Å². The number of nitrogens with one attached hydrogen (secondary N) is 1. The molecule has 1 aromatic rings. The Bertz CT molecular complexity index is 430. The van der Waals surface area contributed by atoms with Crippen LogP contribution < -0.4 is 5.32 Å². The SMILES string of the molecule is CC(C)OCc1cn(CCOCCOCCNCC(C)(C)C)nn1. The summed E-state index contributed by atoms with van der Waals surface area (Å²) in [6.45, 7) is 16.2. The predicted octanol–water partition coefficient (Wildman–Crippen LogP) is 1.87. The molecule has 0 fully saturated rings. The zero-order valence-corrected chi connectivity index (χ0v) is 15.9. The van der Waals surface area contributed by atoms with E-state index in [-0.39, 0.29) is 6.10 Å². The maximum Gasteiger partial charge on any atom is 0.108 e. The van der Waals surface area contributed by atoms with Gasteiger partial charge in [0.1, 0.15) is 5.69 Å². The fraction of sp³-hybridized carbons (Fsp3) is 0.882. The molecule has 140 valence electrons. The van der Waals surface area contributed by atoms with Gasteiger partial charge in [0, 0.05) is 13.1 Å². The van der Waals surface area contributed by atoms with Crippen molar-refractivity contribution < 1.29 is 14.2 Å². The van der Waals surface area contributed by atoms with Gasteiger partial charge < -0.3 is 19.5 Å². The summed E-state index contributed by atoms with van der Waals surface area (Å²) in [5, 5.41) is 11.5. The number of rotatable bonds is 13. The van der Waals surface area contributed by atoms with E-state index in [1.165, 1.54) is 0 Å². The molecule has 1 heterocycles. The van der Waals surface area contributed by atoms with Crippen LogP contribution in [-0.2, 0) is 27.4 Å². The first kappa shape index (κ1) is 21.0. The average molecular weight is 342 g/mol. The molecule has 0 aliphatic rings. The summed E-state index contributed by atoms with van der Waals surface area (Å²) in [5.41, 5.74) is 1.15. The van der Waals surface area contributed by atoms with E-state index in [1.54, 1.807) is 4.68 Å². The Kier molecular flexibility index (Phi) is 10.1. The predicted molar refractivity (Wildman–Crippen MR) is 93.9 cm³/mol. The second-order valence-electron chi connectivity index (χ2n) is 7.29. The monoisotopic (exact) mass is 342 g/mol. The summed E-state index contributed by atoms with van der Waals surface area (Å²) in [4.78, 5) is 0. The molecule has 7 nitrogen and oxygen atoms in total. The van der Waals surface area contributed by atoms with Gasteiger partial charge in [-0.3, -0.25) is 0 Å². The number of hydrogen-bond acceptors (Lipinski definition) is 6. The first-order valence-corrected chi connectivity index (χ1v) is 8.73. The first-order chi connectivity index (χ1) is 11.4. The Balaban J connectivity index is 1.93. The Morgan fingerprint density at radius 3 is 2.50 bits per heavy atom. The van der Waals surface area contributed by atoms with E-state index in [9.17, 15) is 0 Å². The largest absolute Gasteiger partial charge is 0.378 e. The number of aromatic nitrogens is 3. The lowest BCUT2D eigenvalue weighted by molar-refractivity contribution is 0.0444. The van der Waals surface area contributed by atoms with Crippen LogP contribution in [0.1, 0.15) is 40.3 Å². The Labute approximate surface area is 146 Å². The third kappa shape index (κ3) is 11.5. The van der Waals surface area contributed by atoms with Crippen LogP contribution in [0, 0.1) is 5.41 Å². The van der Waals surface area contributed by atoms with Crippen LogP contribution >= 0.6 is 0 Å². The van der Waals surface area contributed by atoms with E-state index in [0.29, 0.717) is 45.0 Å². The van der Waals surface area contributed by atoms with Gasteiger partial charge in [-0.1, -0.05) is 26.0 Å². The molecule has 0 radical (unpaired) electrons. The minimum Gasteiger partial charge on any atom is -0.378 e. The van der Waals surface area contributed by atoms with Crippen molar-refractivity contribution >= 4 is 0 Å². The van der Waals surface area contributed by atoms with Gasteiger partial charge in [0.05, 0.1) is 51.9 Å². The van der Waals surface area contributed by atoms with Gasteiger partial charge in [-0.05, 0) is 19.3 Å². The first-order valence-electron chi connectivity index (χ1n) is 8.73. The van der Waals surface area contributed by atoms with Gasteiger partial charge in [-0.15, -0.1) is 5.10 Å². The van der Waals surface area contributed by atoms with E-state index in [1.807, 2.05) is 20.0 Å². The summed E-state index contributed by atoms with van der Waals surface area (Å²) in [7, 11) is 0. The highest BCUT2D eigenvalue weighted by molar-refractivity contribution is 4.89. The van der Waals surface area contributed by atoms with Crippen molar-refractivity contribution in [1.29, 1.82) is 0 Å². The van der Waals surface area contributed by atoms with Crippen molar-refractivity contribution in [3.63, 3.8) is 0 Å². The van der Waals surface area contributed by atoms with E-state index in [4.69, 9.17) is 14.2 Å². The van der Waals surface area contributed by atoms with E-state index in [2.05, 4.69) is 36.4 Å². The number of hydrogen-bond donors (Lipinski definition) is 1. The molecule has 1 rings (SSSR count). The fourth-order valence-electron chi connectivity index (χ4n) is 1.85. The maximum absolute atomic E-state index is 5.54. The third-order valence-electron chi connectivity index (χ3n) is 3.07. The average Bonchev–Trinajstić information content (AvgIpc) is 2.94. The molecule has 0 aliphatic carbocycles. The third-order valence-corrected chi connectivity index (χ3v) is 3.07. The topological polar surface area (TPSA) is 70.4 Å². The van der Waals surface area contributed by atoms with Gasteiger partial charge in [0.2, 0.25) is 0 Å². The molecule has 0 saturated heterocycles. The maximum atomic E-state index is 5.54. The van der Waals surface area contributed by atoms with Gasteiger partial charge in [-0.2, -0.15) is 0 Å². The van der Waals surface area contributed by atoms with Crippen LogP contribution in [0.3, 0.4) is 0 Å². The lowest BCUT2D eigenvalue weighted by Gasteiger charge is -2.18. The van der Waals surface area contributed by atoms with Gasteiger partial charge >= 0.3 is 0 Å².